The molecule has 2 aromatic carbocycles. The fourth-order valence-corrected chi connectivity index (χ4v) is 4.52. The number of nitrogens with one attached hydrogen (secondary N) is 1. The van der Waals surface area contributed by atoms with E-state index in [2.05, 4.69) is 40.5 Å². The van der Waals surface area contributed by atoms with Gasteiger partial charge in [0.25, 0.3) is 0 Å². The van der Waals surface area contributed by atoms with Crippen molar-refractivity contribution >= 4 is 21.4 Å². The maximum absolute atomic E-state index is 14.5. The fourth-order valence-electron chi connectivity index (χ4n) is 3.30. The lowest BCUT2D eigenvalue weighted by Gasteiger charge is -2.34. The summed E-state index contributed by atoms with van der Waals surface area (Å²) in [5, 5.41) is 4.62. The van der Waals surface area contributed by atoms with Gasteiger partial charge in [0.2, 0.25) is 0 Å². The maximum Gasteiger partial charge on any atom is 0.128 e. The summed E-state index contributed by atoms with van der Waals surface area (Å²) in [5.41, 5.74) is 0.779. The smallest absolute Gasteiger partial charge is 0.128 e. The molecule has 1 N–H and O–H groups in total. The number of nitrogens with zero attached hydrogens (tertiary/aromatic N) is 1. The van der Waals surface area contributed by atoms with Crippen molar-refractivity contribution in [3.05, 3.63) is 70.9 Å². The van der Waals surface area contributed by atoms with Gasteiger partial charge in [0, 0.05) is 41.3 Å². The van der Waals surface area contributed by atoms with E-state index in [-0.39, 0.29) is 11.9 Å². The molecule has 1 saturated heterocycles. The average Bonchev–Trinajstić information content (AvgIpc) is 3.01. The van der Waals surface area contributed by atoms with Crippen molar-refractivity contribution in [3.8, 4) is 0 Å². The molecule has 1 aromatic heterocycles. The van der Waals surface area contributed by atoms with Gasteiger partial charge < -0.3 is 5.32 Å². The highest BCUT2D eigenvalue weighted by Gasteiger charge is 2.27. The Morgan fingerprint density at radius 2 is 1.74 bits per heavy atom. The third-order valence-corrected chi connectivity index (χ3v) is 5.60. The first-order valence-corrected chi connectivity index (χ1v) is 8.82. The molecule has 1 atom stereocenters. The lowest BCUT2D eigenvalue weighted by molar-refractivity contribution is 0.197. The summed E-state index contributed by atoms with van der Waals surface area (Å²) in [6.45, 7) is 3.78. The Bertz CT molecular complexity index is 775. The van der Waals surface area contributed by atoms with Crippen molar-refractivity contribution in [1.29, 1.82) is 0 Å². The SMILES string of the molecule is Fc1ccccc1C(c1cc2ccccc2s1)N1CCNCC1. The molecule has 1 aliphatic heterocycles. The van der Waals surface area contributed by atoms with Gasteiger partial charge in [-0.15, -0.1) is 11.3 Å². The summed E-state index contributed by atoms with van der Waals surface area (Å²) in [6.07, 6.45) is 0. The van der Waals surface area contributed by atoms with Crippen molar-refractivity contribution in [1.82, 2.24) is 10.2 Å². The van der Waals surface area contributed by atoms with Crippen molar-refractivity contribution < 1.29 is 4.39 Å². The van der Waals surface area contributed by atoms with Gasteiger partial charge in [-0.3, -0.25) is 4.90 Å². The first kappa shape index (κ1) is 14.8. The molecule has 0 bridgehead atoms. The molecule has 2 nitrogen and oxygen atoms in total. The quantitative estimate of drug-likeness (QED) is 0.781. The van der Waals surface area contributed by atoms with Crippen LogP contribution in [-0.2, 0) is 0 Å². The van der Waals surface area contributed by atoms with E-state index in [0.29, 0.717) is 0 Å². The fraction of sp³-hybridized carbons (Fsp3) is 0.263. The van der Waals surface area contributed by atoms with Crippen LogP contribution in [0, 0.1) is 5.82 Å². The van der Waals surface area contributed by atoms with Gasteiger partial charge in [-0.05, 0) is 23.6 Å². The summed E-state index contributed by atoms with van der Waals surface area (Å²) in [6, 6.07) is 17.8. The Morgan fingerprint density at radius 1 is 1.00 bits per heavy atom. The Morgan fingerprint density at radius 3 is 2.52 bits per heavy atom. The zero-order valence-corrected chi connectivity index (χ0v) is 13.7. The molecule has 1 aliphatic rings. The Labute approximate surface area is 139 Å². The minimum Gasteiger partial charge on any atom is -0.314 e. The molecule has 4 heteroatoms. The molecule has 1 unspecified atom stereocenters. The van der Waals surface area contributed by atoms with E-state index in [1.165, 1.54) is 15.0 Å². The van der Waals surface area contributed by atoms with E-state index in [0.717, 1.165) is 31.7 Å². The van der Waals surface area contributed by atoms with Gasteiger partial charge in [0.15, 0.2) is 0 Å². The standard InChI is InChI=1S/C19H19FN2S/c20-16-7-3-2-6-15(16)19(22-11-9-21-10-12-22)18-13-14-5-1-4-8-17(14)23-18/h1-8,13,19,21H,9-12H2. The van der Waals surface area contributed by atoms with Crippen LogP contribution in [0.15, 0.2) is 54.6 Å². The summed E-state index contributed by atoms with van der Waals surface area (Å²) in [5.74, 6) is -0.117. The molecule has 0 amide bonds. The lowest BCUT2D eigenvalue weighted by atomic mass is 10.0. The van der Waals surface area contributed by atoms with Gasteiger partial charge in [0.1, 0.15) is 5.82 Å². The van der Waals surface area contributed by atoms with Crippen molar-refractivity contribution in [2.45, 2.75) is 6.04 Å². The summed E-state index contributed by atoms with van der Waals surface area (Å²) in [4.78, 5) is 3.61. The van der Waals surface area contributed by atoms with Crippen LogP contribution in [0.25, 0.3) is 10.1 Å². The van der Waals surface area contributed by atoms with Crippen molar-refractivity contribution in [2.75, 3.05) is 26.2 Å². The van der Waals surface area contributed by atoms with Gasteiger partial charge >= 0.3 is 0 Å². The highest BCUT2D eigenvalue weighted by atomic mass is 32.1. The maximum atomic E-state index is 14.5. The first-order chi connectivity index (χ1) is 11.3. The number of rotatable bonds is 3. The molecular weight excluding hydrogens is 307 g/mol. The topological polar surface area (TPSA) is 15.3 Å². The minimum atomic E-state index is -0.117. The molecule has 1 fully saturated rings. The van der Waals surface area contributed by atoms with Crippen LogP contribution in [0.4, 0.5) is 4.39 Å². The number of benzene rings is 2. The molecular formula is C19H19FN2S. The number of piperazine rings is 1. The van der Waals surface area contributed by atoms with Crippen LogP contribution < -0.4 is 5.32 Å². The molecule has 0 saturated carbocycles. The molecule has 4 rings (SSSR count). The predicted molar refractivity (Wildman–Crippen MR) is 94.5 cm³/mol. The second-order valence-electron chi connectivity index (χ2n) is 5.90. The van der Waals surface area contributed by atoms with E-state index in [1.807, 2.05) is 12.1 Å². The molecule has 3 aromatic rings. The molecule has 2 heterocycles. The number of thiophene rings is 1. The average molecular weight is 326 g/mol. The summed E-state index contributed by atoms with van der Waals surface area (Å²) in [7, 11) is 0. The van der Waals surface area contributed by atoms with Gasteiger partial charge in [-0.2, -0.15) is 0 Å². The number of hydrogen-bond donors (Lipinski definition) is 1. The van der Waals surface area contributed by atoms with Crippen molar-refractivity contribution in [2.24, 2.45) is 0 Å². The Balaban J connectivity index is 1.82. The van der Waals surface area contributed by atoms with Gasteiger partial charge in [-0.1, -0.05) is 36.4 Å². The van der Waals surface area contributed by atoms with Crippen LogP contribution in [-0.4, -0.2) is 31.1 Å². The minimum absolute atomic E-state index is 0.00398. The second-order valence-corrected chi connectivity index (χ2v) is 7.01. The first-order valence-electron chi connectivity index (χ1n) is 8.00. The van der Waals surface area contributed by atoms with Crippen LogP contribution >= 0.6 is 11.3 Å². The summed E-state index contributed by atoms with van der Waals surface area (Å²) >= 11 is 1.77. The molecule has 118 valence electrons. The highest BCUT2D eigenvalue weighted by Crippen LogP contribution is 2.37. The number of hydrogen-bond acceptors (Lipinski definition) is 3. The normalized spacial score (nSPS) is 17.4. The largest absolute Gasteiger partial charge is 0.314 e. The van der Waals surface area contributed by atoms with E-state index < -0.39 is 0 Å². The van der Waals surface area contributed by atoms with Crippen LogP contribution in [0.5, 0.6) is 0 Å². The molecule has 0 radical (unpaired) electrons. The summed E-state index contributed by atoms with van der Waals surface area (Å²) < 4.78 is 15.8. The van der Waals surface area contributed by atoms with E-state index in [9.17, 15) is 4.39 Å². The second kappa shape index (κ2) is 6.40. The molecule has 0 spiro atoms. The zero-order chi connectivity index (χ0) is 15.6. The van der Waals surface area contributed by atoms with Crippen LogP contribution in [0.2, 0.25) is 0 Å². The Hall–Kier alpha value is -1.75. The van der Waals surface area contributed by atoms with Crippen LogP contribution in [0.3, 0.4) is 0 Å². The van der Waals surface area contributed by atoms with Gasteiger partial charge in [0.05, 0.1) is 6.04 Å². The monoisotopic (exact) mass is 326 g/mol. The zero-order valence-electron chi connectivity index (χ0n) is 12.8. The third kappa shape index (κ3) is 2.90. The number of fused-ring (bicyclic) bond motifs is 1. The molecule has 0 aliphatic carbocycles. The van der Waals surface area contributed by atoms with Crippen LogP contribution in [0.1, 0.15) is 16.5 Å². The Kier molecular flexibility index (Phi) is 4.12. The lowest BCUT2D eigenvalue weighted by Crippen LogP contribution is -2.45. The van der Waals surface area contributed by atoms with E-state index in [4.69, 9.17) is 0 Å². The van der Waals surface area contributed by atoms with Crippen molar-refractivity contribution in [3.63, 3.8) is 0 Å². The highest BCUT2D eigenvalue weighted by molar-refractivity contribution is 7.19. The molecule has 23 heavy (non-hydrogen) atoms. The van der Waals surface area contributed by atoms with E-state index >= 15 is 0 Å². The number of halogens is 1. The van der Waals surface area contributed by atoms with E-state index in [1.54, 1.807) is 23.5 Å². The van der Waals surface area contributed by atoms with Gasteiger partial charge in [-0.25, -0.2) is 4.39 Å². The third-order valence-electron chi connectivity index (χ3n) is 4.43. The predicted octanol–water partition coefficient (Wildman–Crippen LogP) is 4.04.